The van der Waals surface area contributed by atoms with E-state index in [2.05, 4.69) is 32.9 Å². The van der Waals surface area contributed by atoms with Gasteiger partial charge in [-0.1, -0.05) is 335 Å². The van der Waals surface area contributed by atoms with E-state index in [1.54, 1.807) is 0 Å². The molecular weight excluding hydrogens is 913 g/mol. The molecule has 0 radical (unpaired) electrons. The van der Waals surface area contributed by atoms with Crippen LogP contribution in [0.2, 0.25) is 0 Å². The summed E-state index contributed by atoms with van der Waals surface area (Å²) >= 11 is 0. The van der Waals surface area contributed by atoms with Gasteiger partial charge in [-0.25, -0.2) is 0 Å². The Kier molecular flexibility index (Phi) is 62.1. The van der Waals surface area contributed by atoms with Crippen LogP contribution in [0.4, 0.5) is 0 Å². The average molecular weight is 1040 g/mol. The number of hydrogen-bond acceptors (Lipinski definition) is 6. The number of hydrogen-bond donors (Lipinski definition) is 0. The fourth-order valence-electron chi connectivity index (χ4n) is 10.4. The van der Waals surface area contributed by atoms with Crippen molar-refractivity contribution in [1.29, 1.82) is 0 Å². The van der Waals surface area contributed by atoms with E-state index in [-0.39, 0.29) is 31.1 Å². The van der Waals surface area contributed by atoms with Gasteiger partial charge >= 0.3 is 17.9 Å². The van der Waals surface area contributed by atoms with E-state index < -0.39 is 6.10 Å². The molecule has 0 spiro atoms. The molecule has 0 heterocycles. The van der Waals surface area contributed by atoms with Gasteiger partial charge < -0.3 is 14.2 Å². The molecule has 1 atom stereocenters. The molecule has 0 aromatic heterocycles. The first-order valence-electron chi connectivity index (χ1n) is 33.7. The quantitative estimate of drug-likeness (QED) is 0.0261. The van der Waals surface area contributed by atoms with Gasteiger partial charge in [0, 0.05) is 19.3 Å². The first kappa shape index (κ1) is 72.2. The summed E-state index contributed by atoms with van der Waals surface area (Å²) in [5, 5.41) is 0. The Bertz CT molecular complexity index is 1150. The Morgan fingerprint density at radius 1 is 0.257 bits per heavy atom. The van der Waals surface area contributed by atoms with Crippen molar-refractivity contribution in [2.45, 2.75) is 393 Å². The predicted octanol–water partition coefficient (Wildman–Crippen LogP) is 22.8. The van der Waals surface area contributed by atoms with Crippen molar-refractivity contribution in [2.24, 2.45) is 0 Å². The van der Waals surface area contributed by atoms with Crippen LogP contribution in [0.25, 0.3) is 0 Å². The molecule has 0 saturated heterocycles. The second kappa shape index (κ2) is 63.7. The fourth-order valence-corrected chi connectivity index (χ4v) is 10.4. The standard InChI is InChI=1S/C68H130O6/c1-4-7-10-13-16-19-22-24-26-27-28-29-30-31-32-33-34-35-36-37-38-39-40-41-43-44-46-49-52-55-58-61-67(70)73-64-65(63-72-66(69)60-57-54-51-48-21-18-15-12-9-6-3)74-68(71)62-59-56-53-50-47-45-42-25-23-20-17-14-11-8-5-2/h25,42,65H,4-24,26-41,43-64H2,1-3H3/b42-25-. The van der Waals surface area contributed by atoms with Gasteiger partial charge in [-0.15, -0.1) is 0 Å². The van der Waals surface area contributed by atoms with E-state index in [1.165, 1.54) is 283 Å². The first-order chi connectivity index (χ1) is 36.5. The minimum atomic E-state index is -0.769. The van der Waals surface area contributed by atoms with E-state index in [0.717, 1.165) is 64.2 Å². The Hall–Kier alpha value is -1.85. The summed E-state index contributed by atoms with van der Waals surface area (Å²) < 4.78 is 16.9. The third-order valence-corrected chi connectivity index (χ3v) is 15.5. The second-order valence-corrected chi connectivity index (χ2v) is 23.1. The van der Waals surface area contributed by atoms with Gasteiger partial charge in [0.25, 0.3) is 0 Å². The van der Waals surface area contributed by atoms with Crippen LogP contribution in [0, 0.1) is 0 Å². The summed E-state index contributed by atoms with van der Waals surface area (Å²) in [5.41, 5.74) is 0. The normalized spacial score (nSPS) is 12.0. The van der Waals surface area contributed by atoms with Gasteiger partial charge in [-0.2, -0.15) is 0 Å². The number of rotatable bonds is 63. The Balaban J connectivity index is 4.03. The number of carbonyl (C=O) groups excluding carboxylic acids is 3. The highest BCUT2D eigenvalue weighted by atomic mass is 16.6. The van der Waals surface area contributed by atoms with Gasteiger partial charge in [0.15, 0.2) is 6.10 Å². The van der Waals surface area contributed by atoms with Crippen molar-refractivity contribution in [3.05, 3.63) is 12.2 Å². The molecule has 438 valence electrons. The van der Waals surface area contributed by atoms with Crippen molar-refractivity contribution in [3.63, 3.8) is 0 Å². The van der Waals surface area contributed by atoms with Crippen LogP contribution in [-0.4, -0.2) is 37.2 Å². The summed E-state index contributed by atoms with van der Waals surface area (Å²) in [7, 11) is 0. The zero-order chi connectivity index (χ0) is 53.6. The smallest absolute Gasteiger partial charge is 0.306 e. The maximum Gasteiger partial charge on any atom is 0.306 e. The predicted molar refractivity (Wildman–Crippen MR) is 321 cm³/mol. The first-order valence-corrected chi connectivity index (χ1v) is 33.7. The maximum absolute atomic E-state index is 12.9. The summed E-state index contributed by atoms with van der Waals surface area (Å²) in [6, 6.07) is 0. The zero-order valence-corrected chi connectivity index (χ0v) is 50.4. The molecule has 0 fully saturated rings. The highest BCUT2D eigenvalue weighted by molar-refractivity contribution is 5.71. The van der Waals surface area contributed by atoms with Crippen LogP contribution >= 0.6 is 0 Å². The zero-order valence-electron chi connectivity index (χ0n) is 50.4. The van der Waals surface area contributed by atoms with Gasteiger partial charge in [-0.05, 0) is 44.9 Å². The molecule has 0 amide bonds. The van der Waals surface area contributed by atoms with Gasteiger partial charge in [0.1, 0.15) is 13.2 Å². The Morgan fingerprint density at radius 3 is 0.676 bits per heavy atom. The molecular formula is C68H130O6. The third-order valence-electron chi connectivity index (χ3n) is 15.5. The van der Waals surface area contributed by atoms with E-state index >= 15 is 0 Å². The molecule has 1 unspecified atom stereocenters. The van der Waals surface area contributed by atoms with Crippen LogP contribution in [0.15, 0.2) is 12.2 Å². The van der Waals surface area contributed by atoms with Gasteiger partial charge in [0.05, 0.1) is 0 Å². The van der Waals surface area contributed by atoms with Crippen molar-refractivity contribution in [1.82, 2.24) is 0 Å². The van der Waals surface area contributed by atoms with E-state index in [4.69, 9.17) is 14.2 Å². The molecule has 74 heavy (non-hydrogen) atoms. The van der Waals surface area contributed by atoms with Crippen LogP contribution < -0.4 is 0 Å². The lowest BCUT2D eigenvalue weighted by Gasteiger charge is -2.18. The summed E-state index contributed by atoms with van der Waals surface area (Å²) in [4.78, 5) is 38.2. The van der Waals surface area contributed by atoms with Crippen LogP contribution in [0.1, 0.15) is 387 Å². The topological polar surface area (TPSA) is 78.9 Å². The molecule has 0 N–H and O–H groups in total. The lowest BCUT2D eigenvalue weighted by Crippen LogP contribution is -2.30. The molecule has 6 nitrogen and oxygen atoms in total. The highest BCUT2D eigenvalue weighted by Crippen LogP contribution is 2.19. The summed E-state index contributed by atoms with van der Waals surface area (Å²) in [5.74, 6) is -0.850. The largest absolute Gasteiger partial charge is 0.462 e. The molecule has 0 aromatic carbocycles. The summed E-state index contributed by atoms with van der Waals surface area (Å²) in [6.07, 6.45) is 75.4. The Labute approximate surface area is 462 Å². The van der Waals surface area contributed by atoms with Crippen molar-refractivity contribution < 1.29 is 28.6 Å². The molecule has 0 rings (SSSR count). The third kappa shape index (κ3) is 61.0. The van der Waals surface area contributed by atoms with E-state index in [0.29, 0.717) is 19.3 Å². The van der Waals surface area contributed by atoms with Crippen LogP contribution in [-0.2, 0) is 28.6 Å². The minimum Gasteiger partial charge on any atom is -0.462 e. The fraction of sp³-hybridized carbons (Fsp3) is 0.926. The second-order valence-electron chi connectivity index (χ2n) is 23.1. The van der Waals surface area contributed by atoms with Crippen molar-refractivity contribution in [3.8, 4) is 0 Å². The number of allylic oxidation sites excluding steroid dienone is 2. The molecule has 0 bridgehead atoms. The van der Waals surface area contributed by atoms with Crippen molar-refractivity contribution >= 4 is 17.9 Å². The minimum absolute atomic E-state index is 0.0674. The van der Waals surface area contributed by atoms with Gasteiger partial charge in [-0.3, -0.25) is 14.4 Å². The SMILES string of the molecule is CCCCCCCC/C=C\CCCCCCCC(=O)OC(COC(=O)CCCCCCCCCCCC)COC(=O)CCCCCCCCCCCCCCCCCCCCCCCCCCCCCCCCC. The molecule has 0 aromatic rings. The molecule has 0 aliphatic heterocycles. The highest BCUT2D eigenvalue weighted by Gasteiger charge is 2.19. The number of carbonyl (C=O) groups is 3. The van der Waals surface area contributed by atoms with Crippen LogP contribution in [0.3, 0.4) is 0 Å². The lowest BCUT2D eigenvalue weighted by atomic mass is 10.0. The van der Waals surface area contributed by atoms with Crippen LogP contribution in [0.5, 0.6) is 0 Å². The molecule has 0 aliphatic carbocycles. The number of esters is 3. The average Bonchev–Trinajstić information content (AvgIpc) is 3.40. The van der Waals surface area contributed by atoms with E-state index in [9.17, 15) is 14.4 Å². The van der Waals surface area contributed by atoms with Crippen molar-refractivity contribution in [2.75, 3.05) is 13.2 Å². The number of unbranched alkanes of at least 4 members (excludes halogenated alkanes) is 50. The van der Waals surface area contributed by atoms with E-state index in [1.807, 2.05) is 0 Å². The monoisotopic (exact) mass is 1040 g/mol. The summed E-state index contributed by atoms with van der Waals surface area (Å²) in [6.45, 7) is 6.68. The van der Waals surface area contributed by atoms with Gasteiger partial charge in [0.2, 0.25) is 0 Å². The number of ether oxygens (including phenoxy) is 3. The molecule has 0 saturated carbocycles. The Morgan fingerprint density at radius 2 is 0.446 bits per heavy atom. The molecule has 6 heteroatoms. The molecule has 0 aliphatic rings. The maximum atomic E-state index is 12.9. The lowest BCUT2D eigenvalue weighted by molar-refractivity contribution is -0.167.